The molecule has 86 valence electrons. The fourth-order valence-corrected chi connectivity index (χ4v) is 7.02. The van der Waals surface area contributed by atoms with Crippen LogP contribution in [0.1, 0.15) is 4.44 Å². The van der Waals surface area contributed by atoms with Crippen molar-refractivity contribution in [3.8, 4) is 0 Å². The van der Waals surface area contributed by atoms with Gasteiger partial charge in [-0.05, 0) is 0 Å². The van der Waals surface area contributed by atoms with Crippen LogP contribution in [0.25, 0.3) is 8.96 Å². The van der Waals surface area contributed by atoms with Crippen molar-refractivity contribution in [2.75, 3.05) is 26.3 Å². The number of nitrogens with zero attached hydrogens (tertiary/aromatic N) is 1. The first kappa shape index (κ1) is 11.4. The van der Waals surface area contributed by atoms with E-state index in [-0.39, 0.29) is 0 Å². The molecule has 0 unspecified atom stereocenters. The van der Waals surface area contributed by atoms with Gasteiger partial charge in [0.25, 0.3) is 0 Å². The Kier molecular flexibility index (Phi) is 3.52. The average molecular weight is 365 g/mol. The fraction of sp³-hybridized carbons (Fsp3) is 0.455. The molecule has 0 bridgehead atoms. The Morgan fingerprint density at radius 1 is 1.44 bits per heavy atom. The van der Waals surface area contributed by atoms with E-state index in [9.17, 15) is 0 Å². The van der Waals surface area contributed by atoms with Gasteiger partial charge in [0.1, 0.15) is 0 Å². The van der Waals surface area contributed by atoms with Gasteiger partial charge in [-0.15, -0.1) is 0 Å². The van der Waals surface area contributed by atoms with Gasteiger partial charge in [-0.1, -0.05) is 0 Å². The molecule has 0 aliphatic carbocycles. The van der Waals surface area contributed by atoms with Gasteiger partial charge < -0.3 is 0 Å². The Morgan fingerprint density at radius 3 is 3.00 bits per heavy atom. The third-order valence-electron chi connectivity index (χ3n) is 2.78. The van der Waals surface area contributed by atoms with Crippen molar-refractivity contribution in [3.63, 3.8) is 0 Å². The summed E-state index contributed by atoms with van der Waals surface area (Å²) in [4.78, 5) is 2.50. The Morgan fingerprint density at radius 2 is 2.25 bits per heavy atom. The van der Waals surface area contributed by atoms with Gasteiger partial charge in [0.15, 0.2) is 0 Å². The molecule has 1 saturated heterocycles. The molecular weight excluding hydrogens is 353 g/mol. The number of morpholine rings is 1. The molecule has 0 atom stereocenters. The number of thiophene rings is 1. The minimum atomic E-state index is 0.534. The van der Waals surface area contributed by atoms with Gasteiger partial charge in [0.05, 0.1) is 0 Å². The van der Waals surface area contributed by atoms with Gasteiger partial charge in [-0.25, -0.2) is 0 Å². The number of hydrogen-bond acceptors (Lipinski definition) is 3. The first-order valence-electron chi connectivity index (χ1n) is 5.29. The second-order valence-corrected chi connectivity index (χ2v) is 7.94. The second kappa shape index (κ2) is 4.92. The van der Waals surface area contributed by atoms with Crippen LogP contribution < -0.4 is 0 Å². The summed E-state index contributed by atoms with van der Waals surface area (Å²) in [6.07, 6.45) is 0. The Hall–Kier alpha value is 0.359. The predicted molar refractivity (Wildman–Crippen MR) is 72.6 cm³/mol. The second-order valence-electron chi connectivity index (χ2n) is 3.84. The Labute approximate surface area is 113 Å². The maximum atomic E-state index is 5.38. The summed E-state index contributed by atoms with van der Waals surface area (Å²) in [5.41, 5.74) is 0. The Bertz CT molecular complexity index is 489. The topological polar surface area (TPSA) is 12.5 Å². The van der Waals surface area contributed by atoms with Gasteiger partial charge >= 0.3 is 114 Å². The molecule has 5 heteroatoms. The summed E-state index contributed by atoms with van der Waals surface area (Å²) in [5, 5.41) is 2.19. The van der Waals surface area contributed by atoms with E-state index in [1.54, 1.807) is 8.70 Å². The van der Waals surface area contributed by atoms with E-state index in [1.165, 1.54) is 9.17 Å². The maximum absolute atomic E-state index is 5.38. The first-order chi connectivity index (χ1) is 7.84. The van der Waals surface area contributed by atoms with E-state index in [0.29, 0.717) is 14.5 Å². The molecule has 0 amide bonds. The molecular formula is C11H12BrNOSSe. The van der Waals surface area contributed by atoms with E-state index >= 15 is 0 Å². The SMILES string of the molecule is Brc1c(CN2CCOCC2)[se]c2ccsc12. The van der Waals surface area contributed by atoms with Crippen molar-refractivity contribution in [2.45, 2.75) is 6.54 Å². The molecule has 2 aromatic rings. The van der Waals surface area contributed by atoms with Gasteiger partial charge in [-0.2, -0.15) is 0 Å². The zero-order valence-corrected chi connectivity index (χ0v) is 12.9. The first-order valence-corrected chi connectivity index (χ1v) is 8.67. The standard InChI is InChI=1S/C11H12BrNOSSe/c12-10-9(7-13-2-4-14-5-3-13)16-8-1-6-15-11(8)10/h1,6H,2-5,7H2. The monoisotopic (exact) mass is 365 g/mol. The summed E-state index contributed by atoms with van der Waals surface area (Å²) in [5.74, 6) is 0. The zero-order valence-electron chi connectivity index (χ0n) is 8.74. The number of ether oxygens (including phenoxy) is 1. The van der Waals surface area contributed by atoms with E-state index < -0.39 is 0 Å². The van der Waals surface area contributed by atoms with Crippen molar-refractivity contribution in [1.29, 1.82) is 0 Å². The van der Waals surface area contributed by atoms with Crippen molar-refractivity contribution >= 4 is 50.7 Å². The quantitative estimate of drug-likeness (QED) is 0.759. The van der Waals surface area contributed by atoms with Crippen LogP contribution in [-0.2, 0) is 11.3 Å². The average Bonchev–Trinajstić information content (AvgIpc) is 2.86. The molecule has 1 aliphatic rings. The van der Waals surface area contributed by atoms with E-state index in [2.05, 4.69) is 32.3 Å². The van der Waals surface area contributed by atoms with Crippen LogP contribution in [-0.4, -0.2) is 45.7 Å². The van der Waals surface area contributed by atoms with Crippen LogP contribution in [0, 0.1) is 0 Å². The van der Waals surface area contributed by atoms with E-state index in [0.717, 1.165) is 32.8 Å². The van der Waals surface area contributed by atoms with Crippen molar-refractivity contribution in [2.24, 2.45) is 0 Å². The Balaban J connectivity index is 1.82. The van der Waals surface area contributed by atoms with Gasteiger partial charge in [0.2, 0.25) is 0 Å². The summed E-state index contributed by atoms with van der Waals surface area (Å²) in [6.45, 7) is 5.05. The third-order valence-corrected chi connectivity index (χ3v) is 8.12. The van der Waals surface area contributed by atoms with E-state index in [4.69, 9.17) is 4.74 Å². The molecule has 3 rings (SSSR count). The van der Waals surface area contributed by atoms with Crippen LogP contribution in [0.4, 0.5) is 0 Å². The van der Waals surface area contributed by atoms with Crippen LogP contribution >= 0.6 is 27.3 Å². The van der Waals surface area contributed by atoms with Gasteiger partial charge in [-0.3, -0.25) is 0 Å². The normalized spacial score (nSPS) is 18.3. The molecule has 2 nitrogen and oxygen atoms in total. The summed E-state index contributed by atoms with van der Waals surface area (Å²) in [6, 6.07) is 2.27. The number of halogens is 1. The zero-order chi connectivity index (χ0) is 11.0. The third kappa shape index (κ3) is 2.17. The number of rotatable bonds is 2. The molecule has 1 fully saturated rings. The molecule has 0 radical (unpaired) electrons. The van der Waals surface area contributed by atoms with Crippen molar-refractivity contribution in [3.05, 3.63) is 20.4 Å². The molecule has 0 aromatic carbocycles. The molecule has 3 heterocycles. The van der Waals surface area contributed by atoms with Crippen molar-refractivity contribution < 1.29 is 4.74 Å². The van der Waals surface area contributed by atoms with Crippen LogP contribution in [0.15, 0.2) is 15.9 Å². The van der Waals surface area contributed by atoms with Crippen LogP contribution in [0.5, 0.6) is 0 Å². The van der Waals surface area contributed by atoms with Crippen LogP contribution in [0.3, 0.4) is 0 Å². The van der Waals surface area contributed by atoms with Gasteiger partial charge in [0, 0.05) is 0 Å². The summed E-state index contributed by atoms with van der Waals surface area (Å²) >= 11 is 6.14. The molecule has 0 spiro atoms. The predicted octanol–water partition coefficient (Wildman–Crippen LogP) is 2.55. The number of fused-ring (bicyclic) bond motifs is 1. The molecule has 0 N–H and O–H groups in total. The van der Waals surface area contributed by atoms with Crippen molar-refractivity contribution in [1.82, 2.24) is 4.90 Å². The van der Waals surface area contributed by atoms with E-state index in [1.807, 2.05) is 11.3 Å². The summed E-state index contributed by atoms with van der Waals surface area (Å²) in [7, 11) is 0. The fourth-order valence-electron chi connectivity index (χ4n) is 1.91. The molecule has 1 aliphatic heterocycles. The summed E-state index contributed by atoms with van der Waals surface area (Å²) < 4.78 is 11.3. The molecule has 16 heavy (non-hydrogen) atoms. The minimum absolute atomic E-state index is 0.534. The molecule has 2 aromatic heterocycles. The van der Waals surface area contributed by atoms with Crippen LogP contribution in [0.2, 0.25) is 0 Å². The molecule has 0 saturated carbocycles. The number of hydrogen-bond donors (Lipinski definition) is 0.